The Bertz CT molecular complexity index is 1120. The van der Waals surface area contributed by atoms with E-state index in [1.165, 1.54) is 17.8 Å². The Balaban J connectivity index is 1.55. The van der Waals surface area contributed by atoms with Gasteiger partial charge in [-0.2, -0.15) is 5.10 Å². The van der Waals surface area contributed by atoms with Crippen molar-refractivity contribution < 1.29 is 9.59 Å². The SMILES string of the molecule is C=CC(=O)N1Cc2ccccc2CC1CNC(=O)c1cnn2c(C)cc(C)nc12. The van der Waals surface area contributed by atoms with Gasteiger partial charge in [0.2, 0.25) is 5.91 Å². The summed E-state index contributed by atoms with van der Waals surface area (Å²) in [7, 11) is 0. The molecule has 1 aliphatic rings. The molecule has 3 aromatic rings. The molecule has 0 spiro atoms. The zero-order chi connectivity index (χ0) is 20.5. The van der Waals surface area contributed by atoms with Crippen LogP contribution in [-0.4, -0.2) is 43.9 Å². The standard InChI is InChI=1S/C22H23N5O2/c1-4-20(28)26-13-17-8-6-5-7-16(17)10-18(26)11-23-22(29)19-12-24-27-15(3)9-14(2)25-21(19)27/h4-9,12,18H,1,10-11,13H2,2-3H3,(H,23,29). The number of carbonyl (C=O) groups excluding carboxylic acids is 2. The molecule has 2 amide bonds. The molecule has 0 saturated carbocycles. The second-order valence-electron chi connectivity index (χ2n) is 7.34. The van der Waals surface area contributed by atoms with Crippen LogP contribution in [0.15, 0.2) is 49.2 Å². The summed E-state index contributed by atoms with van der Waals surface area (Å²) in [6.45, 7) is 8.28. The first kappa shape index (κ1) is 18.9. The molecule has 1 aromatic carbocycles. The number of hydrogen-bond acceptors (Lipinski definition) is 4. The minimum atomic E-state index is -0.248. The summed E-state index contributed by atoms with van der Waals surface area (Å²) in [4.78, 5) is 31.5. The second kappa shape index (κ2) is 7.50. The highest BCUT2D eigenvalue weighted by Gasteiger charge is 2.29. The molecule has 29 heavy (non-hydrogen) atoms. The highest BCUT2D eigenvalue weighted by atomic mass is 16.2. The minimum Gasteiger partial charge on any atom is -0.350 e. The average molecular weight is 389 g/mol. The molecule has 7 nitrogen and oxygen atoms in total. The quantitative estimate of drug-likeness (QED) is 0.694. The van der Waals surface area contributed by atoms with E-state index in [1.807, 2.05) is 38.1 Å². The Morgan fingerprint density at radius 2 is 2.03 bits per heavy atom. The molecule has 148 valence electrons. The monoisotopic (exact) mass is 389 g/mol. The molecule has 4 rings (SSSR count). The van der Waals surface area contributed by atoms with Crippen molar-refractivity contribution in [2.45, 2.75) is 32.9 Å². The number of carbonyl (C=O) groups is 2. The van der Waals surface area contributed by atoms with Gasteiger partial charge in [0, 0.05) is 24.5 Å². The zero-order valence-electron chi connectivity index (χ0n) is 16.6. The van der Waals surface area contributed by atoms with Crippen LogP contribution in [-0.2, 0) is 17.8 Å². The van der Waals surface area contributed by atoms with Crippen LogP contribution in [0.25, 0.3) is 5.65 Å². The third-order valence-electron chi connectivity index (χ3n) is 5.33. The van der Waals surface area contributed by atoms with E-state index in [9.17, 15) is 9.59 Å². The van der Waals surface area contributed by atoms with Gasteiger partial charge in [-0.15, -0.1) is 0 Å². The largest absolute Gasteiger partial charge is 0.350 e. The lowest BCUT2D eigenvalue weighted by Crippen LogP contribution is -2.49. The van der Waals surface area contributed by atoms with Crippen molar-refractivity contribution in [3.05, 3.63) is 77.3 Å². The molecule has 3 heterocycles. The molecule has 0 bridgehead atoms. The number of amides is 2. The number of nitrogens with zero attached hydrogens (tertiary/aromatic N) is 4. The maximum absolute atomic E-state index is 12.8. The van der Waals surface area contributed by atoms with E-state index in [2.05, 4.69) is 28.0 Å². The molecule has 0 aliphatic carbocycles. The minimum absolute atomic E-state index is 0.136. The molecular weight excluding hydrogens is 366 g/mol. The Morgan fingerprint density at radius 3 is 2.79 bits per heavy atom. The number of aromatic nitrogens is 3. The molecular formula is C22H23N5O2. The van der Waals surface area contributed by atoms with Crippen molar-refractivity contribution in [3.8, 4) is 0 Å². The fourth-order valence-corrected chi connectivity index (χ4v) is 3.88. The lowest BCUT2D eigenvalue weighted by Gasteiger charge is -2.36. The van der Waals surface area contributed by atoms with Crippen LogP contribution in [0.5, 0.6) is 0 Å². The summed E-state index contributed by atoms with van der Waals surface area (Å²) < 4.78 is 1.66. The summed E-state index contributed by atoms with van der Waals surface area (Å²) in [6.07, 6.45) is 3.54. The van der Waals surface area contributed by atoms with Gasteiger partial charge in [-0.1, -0.05) is 30.8 Å². The second-order valence-corrected chi connectivity index (χ2v) is 7.34. The first-order valence-electron chi connectivity index (χ1n) is 9.58. The fraction of sp³-hybridized carbons (Fsp3) is 0.273. The average Bonchev–Trinajstić information content (AvgIpc) is 3.15. The Labute approximate surface area is 169 Å². The van der Waals surface area contributed by atoms with Crippen LogP contribution in [0, 0.1) is 13.8 Å². The van der Waals surface area contributed by atoms with Crippen LogP contribution < -0.4 is 5.32 Å². The number of aryl methyl sites for hydroxylation is 2. The molecule has 0 saturated heterocycles. The van der Waals surface area contributed by atoms with Gasteiger partial charge in [-0.05, 0) is 43.5 Å². The lowest BCUT2D eigenvalue weighted by atomic mass is 9.93. The van der Waals surface area contributed by atoms with Gasteiger partial charge in [-0.3, -0.25) is 9.59 Å². The maximum atomic E-state index is 12.8. The highest BCUT2D eigenvalue weighted by molar-refractivity contribution is 5.99. The molecule has 1 N–H and O–H groups in total. The van der Waals surface area contributed by atoms with Gasteiger partial charge >= 0.3 is 0 Å². The maximum Gasteiger partial charge on any atom is 0.256 e. The van der Waals surface area contributed by atoms with E-state index in [1.54, 1.807) is 9.42 Å². The van der Waals surface area contributed by atoms with Crippen molar-refractivity contribution in [2.75, 3.05) is 6.54 Å². The van der Waals surface area contributed by atoms with E-state index in [-0.39, 0.29) is 17.9 Å². The zero-order valence-corrected chi connectivity index (χ0v) is 16.6. The first-order chi connectivity index (χ1) is 14.0. The van der Waals surface area contributed by atoms with Crippen molar-refractivity contribution in [2.24, 2.45) is 0 Å². The van der Waals surface area contributed by atoms with Crippen LogP contribution in [0.4, 0.5) is 0 Å². The number of benzene rings is 1. The Morgan fingerprint density at radius 1 is 1.28 bits per heavy atom. The van der Waals surface area contributed by atoms with E-state index >= 15 is 0 Å². The van der Waals surface area contributed by atoms with Crippen LogP contribution in [0.2, 0.25) is 0 Å². The topological polar surface area (TPSA) is 79.6 Å². The number of nitrogens with one attached hydrogen (secondary N) is 1. The number of fused-ring (bicyclic) bond motifs is 2. The Kier molecular flexibility index (Phi) is 4.88. The van der Waals surface area contributed by atoms with Crippen molar-refractivity contribution in [1.29, 1.82) is 0 Å². The summed E-state index contributed by atoms with van der Waals surface area (Å²) in [6, 6.07) is 9.84. The van der Waals surface area contributed by atoms with Crippen LogP contribution in [0.3, 0.4) is 0 Å². The van der Waals surface area contributed by atoms with Crippen molar-refractivity contribution in [1.82, 2.24) is 24.8 Å². The lowest BCUT2D eigenvalue weighted by molar-refractivity contribution is -0.129. The van der Waals surface area contributed by atoms with Crippen LogP contribution >= 0.6 is 0 Å². The molecule has 7 heteroatoms. The predicted octanol–water partition coefficient (Wildman–Crippen LogP) is 2.22. The smallest absolute Gasteiger partial charge is 0.256 e. The summed E-state index contributed by atoms with van der Waals surface area (Å²) in [5.41, 5.74) is 5.03. The van der Waals surface area contributed by atoms with Gasteiger partial charge in [-0.25, -0.2) is 9.50 Å². The van der Waals surface area contributed by atoms with Crippen LogP contribution in [0.1, 0.15) is 32.9 Å². The summed E-state index contributed by atoms with van der Waals surface area (Å²) in [5.74, 6) is -0.384. The van der Waals surface area contributed by atoms with E-state index in [0.717, 1.165) is 17.0 Å². The number of rotatable bonds is 4. The fourth-order valence-electron chi connectivity index (χ4n) is 3.88. The predicted molar refractivity (Wildman–Crippen MR) is 109 cm³/mol. The third kappa shape index (κ3) is 3.51. The van der Waals surface area contributed by atoms with Gasteiger partial charge in [0.1, 0.15) is 5.56 Å². The molecule has 2 aromatic heterocycles. The Hall–Kier alpha value is -3.48. The van der Waals surface area contributed by atoms with Gasteiger partial charge in [0.25, 0.3) is 5.91 Å². The van der Waals surface area contributed by atoms with E-state index in [0.29, 0.717) is 30.7 Å². The van der Waals surface area contributed by atoms with Gasteiger partial charge in [0.15, 0.2) is 5.65 Å². The van der Waals surface area contributed by atoms with Gasteiger partial charge in [0.05, 0.1) is 12.2 Å². The molecule has 1 aliphatic heterocycles. The summed E-state index contributed by atoms with van der Waals surface area (Å²) >= 11 is 0. The van der Waals surface area contributed by atoms with Gasteiger partial charge < -0.3 is 10.2 Å². The van der Waals surface area contributed by atoms with E-state index < -0.39 is 0 Å². The first-order valence-corrected chi connectivity index (χ1v) is 9.58. The molecule has 1 unspecified atom stereocenters. The molecule has 0 radical (unpaired) electrons. The normalized spacial score (nSPS) is 15.8. The van der Waals surface area contributed by atoms with Crippen molar-refractivity contribution in [3.63, 3.8) is 0 Å². The highest BCUT2D eigenvalue weighted by Crippen LogP contribution is 2.23. The third-order valence-corrected chi connectivity index (χ3v) is 5.33. The van der Waals surface area contributed by atoms with Crippen molar-refractivity contribution >= 4 is 17.5 Å². The molecule has 1 atom stereocenters. The summed E-state index contributed by atoms with van der Waals surface area (Å²) in [5, 5.41) is 7.24. The molecule has 0 fully saturated rings. The van der Waals surface area contributed by atoms with E-state index in [4.69, 9.17) is 0 Å². The number of hydrogen-bond donors (Lipinski definition) is 1.